The van der Waals surface area contributed by atoms with E-state index in [1.807, 2.05) is 43.3 Å². The van der Waals surface area contributed by atoms with Gasteiger partial charge >= 0.3 is 6.03 Å². The maximum absolute atomic E-state index is 11.7. The lowest BCUT2D eigenvalue weighted by Crippen LogP contribution is -2.44. The Hall–Kier alpha value is -2.24. The van der Waals surface area contributed by atoms with Crippen LogP contribution in [0.1, 0.15) is 6.92 Å². The number of imide groups is 1. The molecule has 3 amide bonds. The van der Waals surface area contributed by atoms with Crippen LogP contribution >= 0.6 is 0 Å². The number of anilines is 2. The summed E-state index contributed by atoms with van der Waals surface area (Å²) in [5.74, 6) is -0.380. The molecular formula is C13H20N4O2. The standard InChI is InChI=1S/C13H20N4O2/c1-9(12(18)16-13(19)14-2)15-10-6-5-7-11(8-10)17(3)4/h5-9,15H,1-4H3,(H2,14,16,18,19). The molecule has 104 valence electrons. The second-order valence-corrected chi connectivity index (χ2v) is 4.38. The third-order valence-electron chi connectivity index (χ3n) is 2.60. The molecule has 0 bridgehead atoms. The number of amides is 3. The van der Waals surface area contributed by atoms with Crippen LogP contribution in [0.25, 0.3) is 0 Å². The molecule has 1 aromatic rings. The minimum atomic E-state index is -0.513. The van der Waals surface area contributed by atoms with E-state index in [2.05, 4.69) is 16.0 Å². The second kappa shape index (κ2) is 6.63. The van der Waals surface area contributed by atoms with Gasteiger partial charge in [-0.1, -0.05) is 6.07 Å². The molecule has 0 saturated heterocycles. The van der Waals surface area contributed by atoms with Gasteiger partial charge in [0.15, 0.2) is 0 Å². The summed E-state index contributed by atoms with van der Waals surface area (Å²) in [6.07, 6.45) is 0. The third kappa shape index (κ3) is 4.50. The van der Waals surface area contributed by atoms with Gasteiger partial charge in [-0.3, -0.25) is 10.1 Å². The summed E-state index contributed by atoms with van der Waals surface area (Å²) in [5.41, 5.74) is 1.86. The average molecular weight is 264 g/mol. The molecule has 0 radical (unpaired) electrons. The van der Waals surface area contributed by atoms with E-state index in [1.54, 1.807) is 6.92 Å². The smallest absolute Gasteiger partial charge is 0.321 e. The monoisotopic (exact) mass is 264 g/mol. The molecule has 0 fully saturated rings. The Labute approximate surface area is 113 Å². The molecular weight excluding hydrogens is 244 g/mol. The van der Waals surface area contributed by atoms with Crippen molar-refractivity contribution < 1.29 is 9.59 Å². The lowest BCUT2D eigenvalue weighted by Gasteiger charge is -2.17. The van der Waals surface area contributed by atoms with Gasteiger partial charge in [0.1, 0.15) is 6.04 Å². The molecule has 6 nitrogen and oxygen atoms in total. The quantitative estimate of drug-likeness (QED) is 0.759. The molecule has 0 spiro atoms. The fraction of sp³-hybridized carbons (Fsp3) is 0.385. The minimum absolute atomic E-state index is 0.380. The molecule has 0 aliphatic rings. The summed E-state index contributed by atoms with van der Waals surface area (Å²) >= 11 is 0. The normalized spacial score (nSPS) is 11.4. The number of rotatable bonds is 4. The fourth-order valence-electron chi connectivity index (χ4n) is 1.47. The van der Waals surface area contributed by atoms with Crippen LogP contribution in [-0.4, -0.2) is 39.1 Å². The van der Waals surface area contributed by atoms with Gasteiger partial charge in [-0.25, -0.2) is 4.79 Å². The number of hydrogen-bond donors (Lipinski definition) is 3. The fourth-order valence-corrected chi connectivity index (χ4v) is 1.47. The number of urea groups is 1. The van der Waals surface area contributed by atoms with E-state index >= 15 is 0 Å². The van der Waals surface area contributed by atoms with Crippen molar-refractivity contribution in [3.05, 3.63) is 24.3 Å². The van der Waals surface area contributed by atoms with Crippen molar-refractivity contribution in [3.8, 4) is 0 Å². The number of nitrogens with zero attached hydrogens (tertiary/aromatic N) is 1. The van der Waals surface area contributed by atoms with Crippen LogP contribution in [0, 0.1) is 0 Å². The zero-order valence-electron chi connectivity index (χ0n) is 11.7. The van der Waals surface area contributed by atoms with Crippen molar-refractivity contribution in [2.75, 3.05) is 31.4 Å². The van der Waals surface area contributed by atoms with E-state index in [0.717, 1.165) is 11.4 Å². The number of hydrogen-bond acceptors (Lipinski definition) is 4. The van der Waals surface area contributed by atoms with Crippen LogP contribution in [-0.2, 0) is 4.79 Å². The van der Waals surface area contributed by atoms with Crippen LogP contribution in [0.4, 0.5) is 16.2 Å². The third-order valence-corrected chi connectivity index (χ3v) is 2.60. The van der Waals surface area contributed by atoms with Crippen LogP contribution in [0.15, 0.2) is 24.3 Å². The van der Waals surface area contributed by atoms with E-state index in [0.29, 0.717) is 0 Å². The first-order valence-corrected chi connectivity index (χ1v) is 6.00. The van der Waals surface area contributed by atoms with E-state index in [4.69, 9.17) is 0 Å². The largest absolute Gasteiger partial charge is 0.378 e. The SMILES string of the molecule is CNC(=O)NC(=O)C(C)Nc1cccc(N(C)C)c1. The van der Waals surface area contributed by atoms with E-state index < -0.39 is 12.1 Å². The summed E-state index contributed by atoms with van der Waals surface area (Å²) in [6, 6.07) is 6.66. The van der Waals surface area contributed by atoms with Crippen molar-refractivity contribution in [3.63, 3.8) is 0 Å². The van der Waals surface area contributed by atoms with E-state index in [-0.39, 0.29) is 5.91 Å². The van der Waals surface area contributed by atoms with Gasteiger partial charge in [0.25, 0.3) is 0 Å². The first-order chi connectivity index (χ1) is 8.93. The van der Waals surface area contributed by atoms with Gasteiger partial charge in [-0.2, -0.15) is 0 Å². The highest BCUT2D eigenvalue weighted by atomic mass is 16.2. The zero-order chi connectivity index (χ0) is 14.4. The predicted octanol–water partition coefficient (Wildman–Crippen LogP) is 1.01. The molecule has 1 rings (SSSR count). The molecule has 0 aliphatic heterocycles. The van der Waals surface area contributed by atoms with Gasteiger partial charge in [0.2, 0.25) is 5.91 Å². The molecule has 0 saturated carbocycles. The number of benzene rings is 1. The Morgan fingerprint density at radius 2 is 1.95 bits per heavy atom. The topological polar surface area (TPSA) is 73.5 Å². The van der Waals surface area contributed by atoms with Crippen LogP contribution in [0.5, 0.6) is 0 Å². The first-order valence-electron chi connectivity index (χ1n) is 6.00. The Kier molecular flexibility index (Phi) is 5.17. The van der Waals surface area contributed by atoms with Crippen molar-refractivity contribution in [1.29, 1.82) is 0 Å². The average Bonchev–Trinajstić information content (AvgIpc) is 2.38. The van der Waals surface area contributed by atoms with E-state index in [9.17, 15) is 9.59 Å². The van der Waals surface area contributed by atoms with Crippen molar-refractivity contribution in [2.24, 2.45) is 0 Å². The van der Waals surface area contributed by atoms with Crippen LogP contribution in [0.2, 0.25) is 0 Å². The summed E-state index contributed by atoms with van der Waals surface area (Å²) in [4.78, 5) is 24.7. The summed E-state index contributed by atoms with van der Waals surface area (Å²) < 4.78 is 0. The van der Waals surface area contributed by atoms with Crippen molar-refractivity contribution in [2.45, 2.75) is 13.0 Å². The number of nitrogens with one attached hydrogen (secondary N) is 3. The van der Waals surface area contributed by atoms with Crippen LogP contribution in [0.3, 0.4) is 0 Å². The maximum atomic E-state index is 11.7. The molecule has 0 aliphatic carbocycles. The lowest BCUT2D eigenvalue weighted by molar-refractivity contribution is -0.120. The van der Waals surface area contributed by atoms with Gasteiger partial charge < -0.3 is 15.5 Å². The molecule has 1 unspecified atom stereocenters. The Balaban J connectivity index is 2.66. The minimum Gasteiger partial charge on any atom is -0.378 e. The van der Waals surface area contributed by atoms with Crippen molar-refractivity contribution in [1.82, 2.24) is 10.6 Å². The maximum Gasteiger partial charge on any atom is 0.321 e. The molecule has 1 atom stereocenters. The van der Waals surface area contributed by atoms with Gasteiger partial charge in [-0.15, -0.1) is 0 Å². The zero-order valence-corrected chi connectivity index (χ0v) is 11.7. The molecule has 1 aromatic carbocycles. The van der Waals surface area contributed by atoms with E-state index in [1.165, 1.54) is 7.05 Å². The first kappa shape index (κ1) is 14.8. The highest BCUT2D eigenvalue weighted by molar-refractivity contribution is 5.97. The summed E-state index contributed by atoms with van der Waals surface area (Å²) in [6.45, 7) is 1.70. The highest BCUT2D eigenvalue weighted by Crippen LogP contribution is 2.17. The van der Waals surface area contributed by atoms with Crippen LogP contribution < -0.4 is 20.9 Å². The summed E-state index contributed by atoms with van der Waals surface area (Å²) in [7, 11) is 5.35. The van der Waals surface area contributed by atoms with Gasteiger partial charge in [0, 0.05) is 32.5 Å². The molecule has 19 heavy (non-hydrogen) atoms. The Morgan fingerprint density at radius 1 is 1.26 bits per heavy atom. The molecule has 0 aromatic heterocycles. The van der Waals surface area contributed by atoms with Crippen molar-refractivity contribution >= 4 is 23.3 Å². The lowest BCUT2D eigenvalue weighted by atomic mass is 10.2. The number of carbonyl (C=O) groups excluding carboxylic acids is 2. The predicted molar refractivity (Wildman–Crippen MR) is 76.5 cm³/mol. The summed E-state index contributed by atoms with van der Waals surface area (Å²) in [5, 5.41) is 7.61. The number of carbonyl (C=O) groups is 2. The second-order valence-electron chi connectivity index (χ2n) is 4.38. The van der Waals surface area contributed by atoms with Gasteiger partial charge in [-0.05, 0) is 25.1 Å². The molecule has 3 N–H and O–H groups in total. The molecule has 0 heterocycles. The Bertz CT molecular complexity index is 460. The highest BCUT2D eigenvalue weighted by Gasteiger charge is 2.14. The molecule has 6 heteroatoms. The van der Waals surface area contributed by atoms with Gasteiger partial charge in [0.05, 0.1) is 0 Å². The Morgan fingerprint density at radius 3 is 2.53 bits per heavy atom.